The predicted molar refractivity (Wildman–Crippen MR) is 118 cm³/mol. The number of aromatic amines is 1. The number of aromatic nitrogens is 1. The van der Waals surface area contributed by atoms with Crippen molar-refractivity contribution in [3.05, 3.63) is 51.8 Å². The molecule has 1 aromatic carbocycles. The molecule has 0 saturated heterocycles. The van der Waals surface area contributed by atoms with Gasteiger partial charge in [-0.15, -0.1) is 0 Å². The van der Waals surface area contributed by atoms with Crippen LogP contribution in [0.15, 0.2) is 18.2 Å². The molecule has 0 unspecified atom stereocenters. The van der Waals surface area contributed by atoms with Gasteiger partial charge >= 0.3 is 0 Å². The van der Waals surface area contributed by atoms with Crippen molar-refractivity contribution in [2.75, 3.05) is 31.5 Å². The number of carbonyl (C=O) groups excluding carboxylic acids is 2. The van der Waals surface area contributed by atoms with Crippen LogP contribution in [0.1, 0.15) is 52.3 Å². The van der Waals surface area contributed by atoms with Crippen molar-refractivity contribution in [3.63, 3.8) is 0 Å². The summed E-state index contributed by atoms with van der Waals surface area (Å²) in [5, 5.41) is 14.8. The Morgan fingerprint density at radius 1 is 1.27 bits per heavy atom. The Morgan fingerprint density at radius 2 is 2.00 bits per heavy atom. The zero-order valence-corrected chi connectivity index (χ0v) is 17.8. The molecule has 0 saturated carbocycles. The summed E-state index contributed by atoms with van der Waals surface area (Å²) in [5.41, 5.74) is 5.27. The molecule has 0 aliphatic carbocycles. The van der Waals surface area contributed by atoms with Gasteiger partial charge in [-0.2, -0.15) is 5.26 Å². The SMILES string of the molecule is CCN(CC)CCNC(=O)c1c(C)[nH]c(/C=C2\C(=O)Nc3cc(C#N)ccc32)c1C. The maximum atomic E-state index is 12.7. The molecule has 0 bridgehead atoms. The van der Waals surface area contributed by atoms with Gasteiger partial charge < -0.3 is 20.5 Å². The molecule has 2 aromatic rings. The van der Waals surface area contributed by atoms with E-state index in [4.69, 9.17) is 5.26 Å². The zero-order valence-electron chi connectivity index (χ0n) is 17.8. The predicted octanol–water partition coefficient (Wildman–Crippen LogP) is 3.07. The molecule has 3 N–H and O–H groups in total. The average Bonchev–Trinajstić information content (AvgIpc) is 3.19. The smallest absolute Gasteiger partial charge is 0.256 e. The zero-order chi connectivity index (χ0) is 21.8. The third-order valence-corrected chi connectivity index (χ3v) is 5.53. The molecule has 7 nitrogen and oxygen atoms in total. The number of benzene rings is 1. The average molecular weight is 406 g/mol. The summed E-state index contributed by atoms with van der Waals surface area (Å²) in [5.74, 6) is -0.343. The number of amides is 2. The fourth-order valence-electron chi connectivity index (χ4n) is 3.77. The van der Waals surface area contributed by atoms with E-state index in [9.17, 15) is 9.59 Å². The number of rotatable bonds is 7. The number of H-pyrrole nitrogens is 1. The fourth-order valence-corrected chi connectivity index (χ4v) is 3.77. The van der Waals surface area contributed by atoms with Crippen molar-refractivity contribution in [2.45, 2.75) is 27.7 Å². The van der Waals surface area contributed by atoms with E-state index in [-0.39, 0.29) is 11.8 Å². The molecule has 2 heterocycles. The van der Waals surface area contributed by atoms with Crippen LogP contribution in [0.5, 0.6) is 0 Å². The second-order valence-electron chi connectivity index (χ2n) is 7.33. The molecule has 1 aliphatic rings. The number of carbonyl (C=O) groups is 2. The van der Waals surface area contributed by atoms with Crippen LogP contribution in [-0.4, -0.2) is 47.9 Å². The number of hydrogen-bond donors (Lipinski definition) is 3. The third kappa shape index (κ3) is 4.14. The van der Waals surface area contributed by atoms with E-state index >= 15 is 0 Å². The van der Waals surface area contributed by atoms with E-state index in [1.807, 2.05) is 13.8 Å². The molecule has 0 fully saturated rings. The third-order valence-electron chi connectivity index (χ3n) is 5.53. The van der Waals surface area contributed by atoms with E-state index in [0.29, 0.717) is 28.9 Å². The van der Waals surface area contributed by atoms with Crippen molar-refractivity contribution >= 4 is 29.2 Å². The van der Waals surface area contributed by atoms with Crippen molar-refractivity contribution < 1.29 is 9.59 Å². The molecule has 0 atom stereocenters. The highest BCUT2D eigenvalue weighted by molar-refractivity contribution is 6.35. The summed E-state index contributed by atoms with van der Waals surface area (Å²) in [6, 6.07) is 7.19. The van der Waals surface area contributed by atoms with Crippen LogP contribution in [0.3, 0.4) is 0 Å². The van der Waals surface area contributed by atoms with E-state index in [1.54, 1.807) is 24.3 Å². The van der Waals surface area contributed by atoms with Crippen LogP contribution in [0.25, 0.3) is 11.6 Å². The Bertz CT molecular complexity index is 1050. The lowest BCUT2D eigenvalue weighted by molar-refractivity contribution is -0.110. The summed E-state index contributed by atoms with van der Waals surface area (Å²) >= 11 is 0. The number of nitrogens with one attached hydrogen (secondary N) is 3. The van der Waals surface area contributed by atoms with Gasteiger partial charge in [0, 0.05) is 30.0 Å². The van der Waals surface area contributed by atoms with Gasteiger partial charge in [0.25, 0.3) is 11.8 Å². The maximum Gasteiger partial charge on any atom is 0.256 e. The highest BCUT2D eigenvalue weighted by Gasteiger charge is 2.26. The Hall–Kier alpha value is -3.37. The maximum absolute atomic E-state index is 12.7. The number of nitrogens with zero attached hydrogens (tertiary/aromatic N) is 2. The summed E-state index contributed by atoms with van der Waals surface area (Å²) in [4.78, 5) is 30.7. The normalized spacial score (nSPS) is 14.0. The quantitative estimate of drug-likeness (QED) is 0.616. The van der Waals surface area contributed by atoms with Gasteiger partial charge in [-0.05, 0) is 50.7 Å². The van der Waals surface area contributed by atoms with Crippen LogP contribution in [0.2, 0.25) is 0 Å². The molecule has 7 heteroatoms. The molecular weight excluding hydrogens is 378 g/mol. The Morgan fingerprint density at radius 3 is 2.67 bits per heavy atom. The summed E-state index contributed by atoms with van der Waals surface area (Å²) < 4.78 is 0. The Labute approximate surface area is 176 Å². The highest BCUT2D eigenvalue weighted by Crippen LogP contribution is 2.34. The number of nitriles is 1. The number of fused-ring (bicyclic) bond motifs is 1. The first-order valence-corrected chi connectivity index (χ1v) is 10.2. The molecule has 2 amide bonds. The first-order valence-electron chi connectivity index (χ1n) is 10.2. The first kappa shape index (κ1) is 21.3. The monoisotopic (exact) mass is 405 g/mol. The number of aryl methyl sites for hydroxylation is 1. The van der Waals surface area contributed by atoms with E-state index in [1.165, 1.54) is 0 Å². The first-order chi connectivity index (χ1) is 14.4. The molecule has 156 valence electrons. The summed E-state index contributed by atoms with van der Waals surface area (Å²) in [6.07, 6.45) is 1.77. The Kier molecular flexibility index (Phi) is 6.38. The van der Waals surface area contributed by atoms with Gasteiger partial charge in [0.15, 0.2) is 0 Å². The van der Waals surface area contributed by atoms with E-state index in [2.05, 4.69) is 40.4 Å². The largest absolute Gasteiger partial charge is 0.358 e. The van der Waals surface area contributed by atoms with Crippen molar-refractivity contribution in [2.24, 2.45) is 0 Å². The minimum Gasteiger partial charge on any atom is -0.358 e. The topological polar surface area (TPSA) is 101 Å². The Balaban J connectivity index is 1.84. The van der Waals surface area contributed by atoms with Crippen molar-refractivity contribution in [1.82, 2.24) is 15.2 Å². The molecule has 1 aliphatic heterocycles. The molecule has 3 rings (SSSR count). The van der Waals surface area contributed by atoms with E-state index in [0.717, 1.165) is 42.1 Å². The van der Waals surface area contributed by atoms with Gasteiger partial charge in [-0.3, -0.25) is 9.59 Å². The van der Waals surface area contributed by atoms with Gasteiger partial charge in [-0.25, -0.2) is 0 Å². The summed E-state index contributed by atoms with van der Waals surface area (Å²) in [6.45, 7) is 11.2. The standard InChI is InChI=1S/C23H27N5O2/c1-5-28(6-2)10-9-25-23(30)21-14(3)19(26-15(21)4)12-18-17-8-7-16(13-24)11-20(17)27-22(18)29/h7-8,11-12,26H,5-6,9-10H2,1-4H3,(H,25,30)(H,27,29)/b18-12-. The minimum atomic E-state index is -0.225. The molecule has 1 aromatic heterocycles. The number of likely N-dealkylation sites (N-methyl/N-ethyl adjacent to an activating group) is 1. The van der Waals surface area contributed by atoms with Crippen LogP contribution in [0.4, 0.5) is 5.69 Å². The van der Waals surface area contributed by atoms with Gasteiger partial charge in [0.1, 0.15) is 0 Å². The molecular formula is C23H27N5O2. The second-order valence-corrected chi connectivity index (χ2v) is 7.33. The number of anilines is 1. The van der Waals surface area contributed by atoms with Crippen LogP contribution >= 0.6 is 0 Å². The van der Waals surface area contributed by atoms with E-state index < -0.39 is 0 Å². The highest BCUT2D eigenvalue weighted by atomic mass is 16.2. The number of hydrogen-bond acceptors (Lipinski definition) is 4. The lowest BCUT2D eigenvalue weighted by Gasteiger charge is -2.18. The molecule has 30 heavy (non-hydrogen) atoms. The lowest BCUT2D eigenvalue weighted by Crippen LogP contribution is -2.35. The van der Waals surface area contributed by atoms with Gasteiger partial charge in [-0.1, -0.05) is 19.9 Å². The fraction of sp³-hybridized carbons (Fsp3) is 0.348. The van der Waals surface area contributed by atoms with Crippen LogP contribution < -0.4 is 10.6 Å². The van der Waals surface area contributed by atoms with Crippen molar-refractivity contribution in [3.8, 4) is 6.07 Å². The lowest BCUT2D eigenvalue weighted by atomic mass is 10.0. The van der Waals surface area contributed by atoms with Crippen molar-refractivity contribution in [1.29, 1.82) is 5.26 Å². The van der Waals surface area contributed by atoms with Crippen LogP contribution in [-0.2, 0) is 4.79 Å². The second kappa shape index (κ2) is 8.97. The molecule has 0 radical (unpaired) electrons. The minimum absolute atomic E-state index is 0.118. The summed E-state index contributed by atoms with van der Waals surface area (Å²) in [7, 11) is 0. The van der Waals surface area contributed by atoms with Gasteiger partial charge in [0.2, 0.25) is 0 Å². The van der Waals surface area contributed by atoms with Gasteiger partial charge in [0.05, 0.1) is 28.5 Å². The molecule has 0 spiro atoms. The van der Waals surface area contributed by atoms with Crippen LogP contribution in [0, 0.1) is 25.2 Å².